The molecule has 2 aromatic heterocycles. The second-order valence-corrected chi connectivity index (χ2v) is 8.20. The van der Waals surface area contributed by atoms with Crippen molar-refractivity contribution in [1.29, 1.82) is 0 Å². The molecule has 0 bridgehead atoms. The summed E-state index contributed by atoms with van der Waals surface area (Å²) in [6.07, 6.45) is -0.506. The molecule has 9 nitrogen and oxygen atoms in total. The summed E-state index contributed by atoms with van der Waals surface area (Å²) in [6, 6.07) is 6.91. The Morgan fingerprint density at radius 1 is 1.17 bits per heavy atom. The number of aryl methyl sites for hydroxylation is 1. The Morgan fingerprint density at radius 2 is 1.89 bits per heavy atom. The minimum atomic E-state index is -4.76. The lowest BCUT2D eigenvalue weighted by Crippen LogP contribution is -2.47. The lowest BCUT2D eigenvalue weighted by molar-refractivity contribution is -0.274. The highest BCUT2D eigenvalue weighted by atomic mass is 19.4. The third-order valence-corrected chi connectivity index (χ3v) is 5.61. The van der Waals surface area contributed by atoms with Gasteiger partial charge in [0.15, 0.2) is 5.65 Å². The van der Waals surface area contributed by atoms with Crippen LogP contribution in [0.4, 0.5) is 24.8 Å². The summed E-state index contributed by atoms with van der Waals surface area (Å²) in [7, 11) is 0. The summed E-state index contributed by atoms with van der Waals surface area (Å²) in [4.78, 5) is 30.2. The minimum absolute atomic E-state index is 0.137. The summed E-state index contributed by atoms with van der Waals surface area (Å²) in [5.41, 5.74) is 2.24. The number of anilines is 2. The fourth-order valence-electron chi connectivity index (χ4n) is 3.80. The van der Waals surface area contributed by atoms with E-state index >= 15 is 0 Å². The molecule has 2 N–H and O–H groups in total. The molecular weight excluding hydrogens is 477 g/mol. The summed E-state index contributed by atoms with van der Waals surface area (Å²) in [5.74, 6) is -0.165. The van der Waals surface area contributed by atoms with E-state index in [-0.39, 0.29) is 12.4 Å². The van der Waals surface area contributed by atoms with Crippen LogP contribution in [0.1, 0.15) is 11.3 Å². The molecule has 1 aliphatic rings. The number of ether oxygens (including phenoxy) is 1. The number of nitrogens with zero attached hydrogens (tertiary/aromatic N) is 5. The van der Waals surface area contributed by atoms with E-state index in [9.17, 15) is 18.0 Å². The fraction of sp³-hybridized carbons (Fsp3) is 0.333. The van der Waals surface area contributed by atoms with Crippen LogP contribution in [0.15, 0.2) is 42.6 Å². The van der Waals surface area contributed by atoms with Crippen molar-refractivity contribution in [3.63, 3.8) is 0 Å². The van der Waals surface area contributed by atoms with E-state index in [4.69, 9.17) is 5.11 Å². The predicted molar refractivity (Wildman–Crippen MR) is 129 cm³/mol. The fourth-order valence-corrected chi connectivity index (χ4v) is 3.80. The number of alkyl halides is 3. The van der Waals surface area contributed by atoms with Crippen LogP contribution < -0.4 is 15.0 Å². The quantitative estimate of drug-likeness (QED) is 0.476. The molecule has 0 unspecified atom stereocenters. The first-order valence-electron chi connectivity index (χ1n) is 11.3. The number of hydrogen-bond acceptors (Lipinski definition) is 8. The van der Waals surface area contributed by atoms with Gasteiger partial charge in [-0.1, -0.05) is 12.1 Å². The number of β-amino-alcohol motifs (C(OH)–C–C–N with tert-alkyl or cyclic N) is 1. The van der Waals surface area contributed by atoms with E-state index in [0.29, 0.717) is 34.8 Å². The second-order valence-electron chi connectivity index (χ2n) is 8.20. The smallest absolute Gasteiger partial charge is 0.406 e. The molecular formula is C24H25F3N6O3. The monoisotopic (exact) mass is 502 g/mol. The van der Waals surface area contributed by atoms with Crippen LogP contribution in [0.5, 0.6) is 5.75 Å². The van der Waals surface area contributed by atoms with E-state index in [1.807, 2.05) is 6.92 Å². The summed E-state index contributed by atoms with van der Waals surface area (Å²) < 4.78 is 40.6. The molecule has 190 valence electrons. The van der Waals surface area contributed by atoms with E-state index in [0.717, 1.165) is 31.9 Å². The maximum atomic E-state index is 12.3. The van der Waals surface area contributed by atoms with Gasteiger partial charge in [0.05, 0.1) is 24.2 Å². The SMILES string of the molecule is Cc1nc(N2CCN(CCO)CC2)nc2ncc(NC(=O)C=Cc3ccc(OC(F)(F)F)cc3)cc12. The van der Waals surface area contributed by atoms with E-state index in [1.165, 1.54) is 42.6 Å². The van der Waals surface area contributed by atoms with E-state index < -0.39 is 12.3 Å². The number of carbonyl (C=O) groups excluding carboxylic acids is 1. The van der Waals surface area contributed by atoms with Gasteiger partial charge >= 0.3 is 6.36 Å². The summed E-state index contributed by atoms with van der Waals surface area (Å²) >= 11 is 0. The van der Waals surface area contributed by atoms with Gasteiger partial charge in [-0.3, -0.25) is 9.69 Å². The molecule has 1 amide bonds. The van der Waals surface area contributed by atoms with Crippen LogP contribution in [0.25, 0.3) is 17.1 Å². The van der Waals surface area contributed by atoms with Crippen molar-refractivity contribution in [1.82, 2.24) is 19.9 Å². The molecule has 1 fully saturated rings. The first-order valence-corrected chi connectivity index (χ1v) is 11.3. The number of fused-ring (bicyclic) bond motifs is 1. The van der Waals surface area contributed by atoms with Gasteiger partial charge in [-0.2, -0.15) is 4.98 Å². The van der Waals surface area contributed by atoms with Gasteiger partial charge in [0, 0.05) is 44.2 Å². The second kappa shape index (κ2) is 10.9. The Kier molecular flexibility index (Phi) is 7.65. The number of benzene rings is 1. The Hall–Kier alpha value is -3.77. The lowest BCUT2D eigenvalue weighted by Gasteiger charge is -2.34. The number of piperazine rings is 1. The van der Waals surface area contributed by atoms with Crippen molar-refractivity contribution in [3.05, 3.63) is 53.9 Å². The molecule has 3 heterocycles. The van der Waals surface area contributed by atoms with Gasteiger partial charge in [-0.15, -0.1) is 13.2 Å². The molecule has 1 saturated heterocycles. The number of nitrogens with one attached hydrogen (secondary N) is 1. The minimum Gasteiger partial charge on any atom is -0.406 e. The molecule has 1 aromatic carbocycles. The van der Waals surface area contributed by atoms with Crippen molar-refractivity contribution >= 4 is 34.7 Å². The van der Waals surface area contributed by atoms with Crippen molar-refractivity contribution in [3.8, 4) is 5.75 Å². The zero-order chi connectivity index (χ0) is 25.7. The molecule has 12 heteroatoms. The van der Waals surface area contributed by atoms with Crippen molar-refractivity contribution in [2.75, 3.05) is 49.5 Å². The van der Waals surface area contributed by atoms with Gasteiger partial charge < -0.3 is 20.1 Å². The zero-order valence-corrected chi connectivity index (χ0v) is 19.5. The molecule has 0 atom stereocenters. The summed E-state index contributed by atoms with van der Waals surface area (Å²) in [6.45, 7) is 5.79. The van der Waals surface area contributed by atoms with Crippen LogP contribution in [0.2, 0.25) is 0 Å². The third kappa shape index (κ3) is 6.67. The molecule has 3 aromatic rings. The summed E-state index contributed by atoms with van der Waals surface area (Å²) in [5, 5.41) is 12.5. The average molecular weight is 502 g/mol. The van der Waals surface area contributed by atoms with Crippen molar-refractivity contribution in [2.24, 2.45) is 0 Å². The third-order valence-electron chi connectivity index (χ3n) is 5.61. The maximum Gasteiger partial charge on any atom is 0.573 e. The maximum absolute atomic E-state index is 12.3. The number of hydrogen-bond donors (Lipinski definition) is 2. The number of amides is 1. The molecule has 4 rings (SSSR count). The Balaban J connectivity index is 1.39. The molecule has 0 saturated carbocycles. The number of carbonyl (C=O) groups is 1. The lowest BCUT2D eigenvalue weighted by atomic mass is 10.2. The number of pyridine rings is 1. The zero-order valence-electron chi connectivity index (χ0n) is 19.5. The van der Waals surface area contributed by atoms with Gasteiger partial charge in [-0.05, 0) is 36.8 Å². The molecule has 0 aliphatic carbocycles. The first-order chi connectivity index (χ1) is 17.2. The molecule has 36 heavy (non-hydrogen) atoms. The number of halogens is 3. The number of aliphatic hydroxyl groups excluding tert-OH is 1. The Morgan fingerprint density at radius 3 is 2.56 bits per heavy atom. The van der Waals surface area contributed by atoms with Gasteiger partial charge in [-0.25, -0.2) is 9.97 Å². The van der Waals surface area contributed by atoms with Crippen molar-refractivity contribution < 1.29 is 27.8 Å². The van der Waals surface area contributed by atoms with Crippen LogP contribution in [-0.4, -0.2) is 76.6 Å². The molecule has 1 aliphatic heterocycles. The largest absolute Gasteiger partial charge is 0.573 e. The van der Waals surface area contributed by atoms with Gasteiger partial charge in [0.25, 0.3) is 0 Å². The normalized spacial score (nSPS) is 15.0. The van der Waals surface area contributed by atoms with Gasteiger partial charge in [0.1, 0.15) is 5.75 Å². The Bertz CT molecular complexity index is 1240. The predicted octanol–water partition coefficient (Wildman–Crippen LogP) is 3.00. The molecule has 0 radical (unpaired) electrons. The van der Waals surface area contributed by atoms with Crippen LogP contribution in [-0.2, 0) is 4.79 Å². The highest BCUT2D eigenvalue weighted by Gasteiger charge is 2.30. The number of aromatic nitrogens is 3. The topological polar surface area (TPSA) is 104 Å². The van der Waals surface area contributed by atoms with Gasteiger partial charge in [0.2, 0.25) is 11.9 Å². The van der Waals surface area contributed by atoms with Crippen LogP contribution in [0, 0.1) is 6.92 Å². The number of rotatable bonds is 7. The highest BCUT2D eigenvalue weighted by molar-refractivity contribution is 6.02. The van der Waals surface area contributed by atoms with Crippen molar-refractivity contribution in [2.45, 2.75) is 13.3 Å². The first kappa shape index (κ1) is 25.3. The highest BCUT2D eigenvalue weighted by Crippen LogP contribution is 2.24. The van der Waals surface area contributed by atoms with Crippen LogP contribution in [0.3, 0.4) is 0 Å². The average Bonchev–Trinajstić information content (AvgIpc) is 2.84. The Labute approximate surface area is 205 Å². The van der Waals surface area contributed by atoms with Crippen LogP contribution >= 0.6 is 0 Å². The number of aliphatic hydroxyl groups is 1. The standard InChI is InChI=1S/C24H25F3N6O3/c1-16-20-14-18(30-21(35)7-4-17-2-5-19(6-3-17)36-24(25,26)27)15-28-22(20)31-23(29-16)33-10-8-32(9-11-33)12-13-34/h2-7,14-15,34H,8-13H2,1H3,(H,30,35). The van der Waals surface area contributed by atoms with E-state index in [2.05, 4.69) is 34.8 Å². The molecule has 0 spiro atoms. The van der Waals surface area contributed by atoms with E-state index in [1.54, 1.807) is 6.07 Å².